The first-order valence-corrected chi connectivity index (χ1v) is 8.27. The van der Waals surface area contributed by atoms with Gasteiger partial charge in [-0.2, -0.15) is 0 Å². The van der Waals surface area contributed by atoms with E-state index in [1.807, 2.05) is 0 Å². The lowest BCUT2D eigenvalue weighted by Crippen LogP contribution is -2.32. The van der Waals surface area contributed by atoms with E-state index in [2.05, 4.69) is 0 Å². The van der Waals surface area contributed by atoms with Gasteiger partial charge in [0.1, 0.15) is 23.0 Å². The molecule has 0 radical (unpaired) electrons. The molecule has 5 rings (SSSR count). The summed E-state index contributed by atoms with van der Waals surface area (Å²) >= 11 is 0. The van der Waals surface area contributed by atoms with E-state index in [9.17, 15) is 15.0 Å². The molecule has 6 heteroatoms. The predicted molar refractivity (Wildman–Crippen MR) is 95.9 cm³/mol. The minimum Gasteiger partial charge on any atom is -0.508 e. The Morgan fingerprint density at radius 3 is 2.11 bits per heavy atom. The van der Waals surface area contributed by atoms with Gasteiger partial charge in [0.25, 0.3) is 0 Å². The summed E-state index contributed by atoms with van der Waals surface area (Å²) in [7, 11) is 0. The number of hydrogen-bond acceptors (Lipinski definition) is 6. The summed E-state index contributed by atoms with van der Waals surface area (Å²) in [5.74, 6) is 0.127. The van der Waals surface area contributed by atoms with Gasteiger partial charge in [-0.05, 0) is 24.3 Å². The number of hydrogen-bond donors (Lipinski definition) is 3. The van der Waals surface area contributed by atoms with Crippen LogP contribution in [0.15, 0.2) is 54.6 Å². The maximum Gasteiger partial charge on any atom is 0.340 e. The van der Waals surface area contributed by atoms with Gasteiger partial charge in [0.15, 0.2) is 5.60 Å². The van der Waals surface area contributed by atoms with E-state index < -0.39 is 11.6 Å². The average molecular weight is 359 g/mol. The van der Waals surface area contributed by atoms with E-state index >= 15 is 0 Å². The minimum absolute atomic E-state index is 0.00490. The molecule has 1 spiro atoms. The Labute approximate surface area is 153 Å². The highest BCUT2D eigenvalue weighted by Gasteiger charge is 2.54. The van der Waals surface area contributed by atoms with E-state index in [1.54, 1.807) is 30.3 Å². The van der Waals surface area contributed by atoms with E-state index in [-0.39, 0.29) is 11.5 Å². The van der Waals surface area contributed by atoms with Crippen LogP contribution in [0.1, 0.15) is 32.6 Å². The maximum absolute atomic E-state index is 12.8. The zero-order valence-electron chi connectivity index (χ0n) is 13.9. The van der Waals surface area contributed by atoms with Crippen molar-refractivity contribution in [1.82, 2.24) is 0 Å². The quantitative estimate of drug-likeness (QED) is 0.455. The molecule has 0 fully saturated rings. The molecular formula is C21H13NO5. The number of phenols is 2. The number of benzene rings is 3. The predicted octanol–water partition coefficient (Wildman–Crippen LogP) is 3.66. The van der Waals surface area contributed by atoms with Crippen molar-refractivity contribution in [1.29, 1.82) is 5.41 Å². The highest BCUT2D eigenvalue weighted by atomic mass is 16.6. The lowest BCUT2D eigenvalue weighted by atomic mass is 9.77. The third-order valence-electron chi connectivity index (χ3n) is 4.99. The number of ether oxygens (including phenoxy) is 2. The van der Waals surface area contributed by atoms with E-state index in [4.69, 9.17) is 14.9 Å². The molecule has 2 aliphatic rings. The molecule has 6 nitrogen and oxygen atoms in total. The monoisotopic (exact) mass is 359 g/mol. The average Bonchev–Trinajstić information content (AvgIpc) is 2.95. The van der Waals surface area contributed by atoms with Crippen molar-refractivity contribution in [2.75, 3.05) is 0 Å². The number of fused-ring (bicyclic) bond motifs is 6. The standard InChI is InChI=1S/C21H13NO5/c22-10-11-2-1-3-16-19(11)20(25)27-21(16)14-6-4-12(23)8-17(14)26-18-9-13(24)5-7-15(18)21/h1-10,22-24H. The Morgan fingerprint density at radius 1 is 0.889 bits per heavy atom. The molecule has 3 aromatic rings. The Bertz CT molecular complexity index is 1100. The molecule has 3 N–H and O–H groups in total. The number of aromatic hydroxyl groups is 2. The molecule has 0 aliphatic carbocycles. The summed E-state index contributed by atoms with van der Waals surface area (Å²) in [6, 6.07) is 14.4. The Hall–Kier alpha value is -3.80. The number of rotatable bonds is 1. The Kier molecular flexibility index (Phi) is 2.92. The van der Waals surface area contributed by atoms with Gasteiger partial charge in [-0.25, -0.2) is 4.79 Å². The van der Waals surface area contributed by atoms with Gasteiger partial charge in [0.05, 0.1) is 5.56 Å². The summed E-state index contributed by atoms with van der Waals surface area (Å²) in [4.78, 5) is 12.8. The second-order valence-corrected chi connectivity index (χ2v) is 6.45. The van der Waals surface area contributed by atoms with Crippen molar-refractivity contribution in [2.24, 2.45) is 0 Å². The fourth-order valence-electron chi connectivity index (χ4n) is 3.89. The first-order valence-electron chi connectivity index (χ1n) is 8.27. The molecular weight excluding hydrogens is 346 g/mol. The molecule has 3 aromatic carbocycles. The first-order chi connectivity index (χ1) is 13.0. The third kappa shape index (κ3) is 1.89. The summed E-state index contributed by atoms with van der Waals surface area (Å²) in [5, 5.41) is 27.4. The van der Waals surface area contributed by atoms with Gasteiger partial charge < -0.3 is 25.1 Å². The number of nitrogens with one attached hydrogen (secondary N) is 1. The lowest BCUT2D eigenvalue weighted by molar-refractivity contribution is 0.0224. The van der Waals surface area contributed by atoms with Crippen molar-refractivity contribution in [3.8, 4) is 23.0 Å². The Morgan fingerprint density at radius 2 is 1.52 bits per heavy atom. The SMILES string of the molecule is N=Cc1cccc2c1C(=O)OC21c2ccc(O)cc2Oc2cc(O)ccc21. The third-order valence-corrected chi connectivity index (χ3v) is 4.99. The fraction of sp³-hybridized carbons (Fsp3) is 0.0476. The number of carbonyl (C=O) groups excluding carboxylic acids is 1. The fourth-order valence-corrected chi connectivity index (χ4v) is 3.89. The topological polar surface area (TPSA) is 99.8 Å². The van der Waals surface area contributed by atoms with Crippen molar-refractivity contribution < 1.29 is 24.5 Å². The van der Waals surface area contributed by atoms with Crippen molar-refractivity contribution in [3.05, 3.63) is 82.4 Å². The van der Waals surface area contributed by atoms with Crippen LogP contribution in [0.25, 0.3) is 0 Å². The normalized spacial score (nSPS) is 15.3. The molecule has 2 aliphatic heterocycles. The minimum atomic E-state index is -1.28. The smallest absolute Gasteiger partial charge is 0.340 e. The van der Waals surface area contributed by atoms with Crippen molar-refractivity contribution in [2.45, 2.75) is 5.60 Å². The second-order valence-electron chi connectivity index (χ2n) is 6.45. The van der Waals surface area contributed by atoms with Crippen LogP contribution in [0.5, 0.6) is 23.0 Å². The summed E-state index contributed by atoms with van der Waals surface area (Å²) in [5.41, 5.74) is 1.22. The molecule has 2 heterocycles. The molecule has 0 atom stereocenters. The van der Waals surface area contributed by atoms with Crippen LogP contribution < -0.4 is 4.74 Å². The van der Waals surface area contributed by atoms with Crippen LogP contribution in [0.4, 0.5) is 0 Å². The second kappa shape index (κ2) is 5.11. The maximum atomic E-state index is 12.8. The van der Waals surface area contributed by atoms with Crippen LogP contribution >= 0.6 is 0 Å². The molecule has 0 amide bonds. The van der Waals surface area contributed by atoms with Crippen molar-refractivity contribution in [3.63, 3.8) is 0 Å². The Balaban J connectivity index is 1.92. The molecule has 0 saturated heterocycles. The number of carbonyl (C=O) groups is 1. The van der Waals surface area contributed by atoms with Gasteiger partial charge in [0, 0.05) is 40.6 Å². The van der Waals surface area contributed by atoms with Gasteiger partial charge in [-0.15, -0.1) is 0 Å². The number of esters is 1. The molecule has 27 heavy (non-hydrogen) atoms. The molecule has 132 valence electrons. The van der Waals surface area contributed by atoms with Crippen LogP contribution in [0.2, 0.25) is 0 Å². The molecule has 0 saturated carbocycles. The van der Waals surface area contributed by atoms with Gasteiger partial charge in [0.2, 0.25) is 0 Å². The highest BCUT2D eigenvalue weighted by molar-refractivity contribution is 6.04. The van der Waals surface area contributed by atoms with Crippen LogP contribution in [-0.4, -0.2) is 22.4 Å². The number of phenolic OH excluding ortho intramolecular Hbond substituents is 2. The zero-order chi connectivity index (χ0) is 18.8. The largest absolute Gasteiger partial charge is 0.508 e. The van der Waals surface area contributed by atoms with Gasteiger partial charge in [-0.1, -0.05) is 18.2 Å². The summed E-state index contributed by atoms with van der Waals surface area (Å²) in [6.07, 6.45) is 1.12. The zero-order valence-corrected chi connectivity index (χ0v) is 13.9. The molecule has 0 unspecified atom stereocenters. The first kappa shape index (κ1) is 15.5. The van der Waals surface area contributed by atoms with E-state index in [1.165, 1.54) is 24.3 Å². The lowest BCUT2D eigenvalue weighted by Gasteiger charge is -2.36. The van der Waals surface area contributed by atoms with Gasteiger partial charge in [-0.3, -0.25) is 0 Å². The van der Waals surface area contributed by atoms with Crippen LogP contribution in [-0.2, 0) is 10.3 Å². The van der Waals surface area contributed by atoms with Crippen LogP contribution in [0, 0.1) is 5.41 Å². The van der Waals surface area contributed by atoms with Crippen LogP contribution in [0.3, 0.4) is 0 Å². The molecule has 0 bridgehead atoms. The van der Waals surface area contributed by atoms with Gasteiger partial charge >= 0.3 is 5.97 Å². The van der Waals surface area contributed by atoms with Crippen molar-refractivity contribution >= 4 is 12.2 Å². The van der Waals surface area contributed by atoms with E-state index in [0.29, 0.717) is 39.3 Å². The summed E-state index contributed by atoms with van der Waals surface area (Å²) in [6.45, 7) is 0. The molecule has 0 aromatic heterocycles. The van der Waals surface area contributed by atoms with E-state index in [0.717, 1.165) is 6.21 Å². The summed E-state index contributed by atoms with van der Waals surface area (Å²) < 4.78 is 11.8. The highest BCUT2D eigenvalue weighted by Crippen LogP contribution is 2.57.